The second kappa shape index (κ2) is 11.8. The zero-order valence-electron chi connectivity index (χ0n) is 25.3. The number of pyridine rings is 1. The van der Waals surface area contributed by atoms with Crippen molar-refractivity contribution in [3.8, 4) is 11.9 Å². The van der Waals surface area contributed by atoms with Crippen molar-refractivity contribution in [2.75, 3.05) is 56.2 Å². The van der Waals surface area contributed by atoms with E-state index in [1.807, 2.05) is 6.92 Å². The quantitative estimate of drug-likeness (QED) is 0.380. The number of anilines is 2. The molecule has 3 aliphatic heterocycles. The Morgan fingerprint density at radius 1 is 1.16 bits per heavy atom. The van der Waals surface area contributed by atoms with Crippen molar-refractivity contribution in [3.63, 3.8) is 0 Å². The van der Waals surface area contributed by atoms with Crippen LogP contribution in [0, 0.1) is 18.3 Å². The molecule has 1 aromatic heterocycles. The summed E-state index contributed by atoms with van der Waals surface area (Å²) in [6.45, 7) is 11.4. The molecule has 9 heteroatoms. The van der Waals surface area contributed by atoms with Gasteiger partial charge in [-0.25, -0.2) is 9.37 Å². The molecule has 2 saturated heterocycles. The number of likely N-dealkylation sites (tertiary alicyclic amines) is 1. The molecular weight excluding hydrogens is 543 g/mol. The summed E-state index contributed by atoms with van der Waals surface area (Å²) in [6, 6.07) is 15.3. The first-order chi connectivity index (χ1) is 20.8. The summed E-state index contributed by atoms with van der Waals surface area (Å²) in [6.07, 6.45) is 2.90. The molecular formula is C34H39FN6O2. The molecule has 0 saturated carbocycles. The molecule has 0 N–H and O–H groups in total. The highest BCUT2D eigenvalue weighted by molar-refractivity contribution is 5.97. The average Bonchev–Trinajstić information content (AvgIpc) is 3.42. The van der Waals surface area contributed by atoms with Crippen LogP contribution in [-0.2, 0) is 17.8 Å². The molecule has 0 bridgehead atoms. The molecule has 8 nitrogen and oxygen atoms in total. The number of nitriles is 1. The highest BCUT2D eigenvalue weighted by Crippen LogP contribution is 2.40. The molecule has 2 fully saturated rings. The molecule has 1 amide bonds. The lowest BCUT2D eigenvalue weighted by Gasteiger charge is -2.42. The topological polar surface area (TPSA) is 75.9 Å². The summed E-state index contributed by atoms with van der Waals surface area (Å²) >= 11 is 0. The summed E-state index contributed by atoms with van der Waals surface area (Å²) in [5.41, 5.74) is 5.65. The minimum absolute atomic E-state index is 0.251. The molecule has 0 radical (unpaired) electrons. The van der Waals surface area contributed by atoms with E-state index in [4.69, 9.17) is 9.72 Å². The summed E-state index contributed by atoms with van der Waals surface area (Å²) in [5.74, 6) is -1.25. The Kier molecular flexibility index (Phi) is 7.97. The summed E-state index contributed by atoms with van der Waals surface area (Å²) < 4.78 is 20.1. The minimum atomic E-state index is -0.948. The Balaban J connectivity index is 1.39. The second-order valence-electron chi connectivity index (χ2n) is 12.1. The maximum absolute atomic E-state index is 13.7. The Morgan fingerprint density at radius 3 is 2.65 bits per heavy atom. The molecule has 43 heavy (non-hydrogen) atoms. The third kappa shape index (κ3) is 5.40. The van der Waals surface area contributed by atoms with Crippen molar-refractivity contribution >= 4 is 28.1 Å². The Labute approximate surface area is 252 Å². The number of aromatic nitrogens is 1. The smallest absolute Gasteiger partial charge is 0.282 e. The molecule has 2 atom stereocenters. The van der Waals surface area contributed by atoms with Crippen LogP contribution < -0.4 is 14.5 Å². The minimum Gasteiger partial charge on any atom is -0.475 e. The zero-order valence-corrected chi connectivity index (χ0v) is 25.3. The van der Waals surface area contributed by atoms with Crippen LogP contribution >= 0.6 is 0 Å². The number of aryl methyl sites for hydroxylation is 1. The van der Waals surface area contributed by atoms with Crippen molar-refractivity contribution in [2.45, 2.75) is 51.7 Å². The van der Waals surface area contributed by atoms with E-state index in [1.165, 1.54) is 26.9 Å². The van der Waals surface area contributed by atoms with Gasteiger partial charge in [0.05, 0.1) is 17.9 Å². The number of fused-ring (bicyclic) bond motifs is 2. The molecule has 0 spiro atoms. The van der Waals surface area contributed by atoms with Gasteiger partial charge >= 0.3 is 0 Å². The third-order valence-electron chi connectivity index (χ3n) is 9.36. The van der Waals surface area contributed by atoms with Crippen molar-refractivity contribution in [3.05, 3.63) is 71.2 Å². The van der Waals surface area contributed by atoms with Crippen LogP contribution in [0.4, 0.5) is 15.8 Å². The van der Waals surface area contributed by atoms with Crippen LogP contribution in [0.25, 0.3) is 10.8 Å². The van der Waals surface area contributed by atoms with E-state index in [0.29, 0.717) is 44.2 Å². The van der Waals surface area contributed by atoms with Crippen LogP contribution in [0.15, 0.2) is 48.8 Å². The number of piperazine rings is 1. The number of ether oxygens (including phenoxy) is 1. The normalized spacial score (nSPS) is 20.7. The number of halogens is 1. The van der Waals surface area contributed by atoms with E-state index < -0.39 is 11.7 Å². The summed E-state index contributed by atoms with van der Waals surface area (Å²) in [7, 11) is 2.11. The van der Waals surface area contributed by atoms with Gasteiger partial charge in [0.25, 0.3) is 5.91 Å². The number of carbonyl (C=O) groups excluding carboxylic acids is 1. The molecule has 4 heterocycles. The first-order valence-corrected chi connectivity index (χ1v) is 15.2. The van der Waals surface area contributed by atoms with Gasteiger partial charge in [0.1, 0.15) is 18.2 Å². The Morgan fingerprint density at radius 2 is 1.95 bits per heavy atom. The van der Waals surface area contributed by atoms with E-state index in [0.717, 1.165) is 49.3 Å². The van der Waals surface area contributed by atoms with Crippen molar-refractivity contribution in [1.29, 1.82) is 5.26 Å². The maximum atomic E-state index is 13.7. The standard InChI is InChI=1S/C34H39FN6O2/c1-22-8-5-9-25-10-6-12-30(31(22)25)39-15-13-27-29(20-39)37-33(43-21-26-11-7-14-38(26)4)28(18-36)32(27)40-16-17-41(23(2)19-40)34(42)24(3)35/h5-6,8-10,12,23,26H,3,7,11,13-17,19-21H2,1-2,4H3/t23-,26-/m0/s1. The zero-order chi connectivity index (χ0) is 30.2. The average molecular weight is 583 g/mol. The van der Waals surface area contributed by atoms with Gasteiger partial charge in [-0.2, -0.15) is 5.26 Å². The van der Waals surface area contributed by atoms with Crippen LogP contribution in [0.3, 0.4) is 0 Å². The molecule has 0 unspecified atom stereocenters. The molecule has 0 aliphatic carbocycles. The van der Waals surface area contributed by atoms with Crippen LogP contribution in [-0.4, -0.2) is 79.2 Å². The van der Waals surface area contributed by atoms with Crippen molar-refractivity contribution in [2.24, 2.45) is 0 Å². The summed E-state index contributed by atoms with van der Waals surface area (Å²) in [4.78, 5) is 25.8. The highest BCUT2D eigenvalue weighted by Gasteiger charge is 2.35. The first kappa shape index (κ1) is 28.9. The van der Waals surface area contributed by atoms with E-state index in [-0.39, 0.29) is 12.1 Å². The van der Waals surface area contributed by atoms with Gasteiger partial charge in [-0.05, 0) is 63.7 Å². The van der Waals surface area contributed by atoms with Crippen molar-refractivity contribution in [1.82, 2.24) is 14.8 Å². The van der Waals surface area contributed by atoms with Gasteiger partial charge in [0.2, 0.25) is 5.88 Å². The van der Waals surface area contributed by atoms with Gasteiger partial charge in [0.15, 0.2) is 5.83 Å². The monoisotopic (exact) mass is 582 g/mol. The van der Waals surface area contributed by atoms with E-state index in [2.05, 4.69) is 77.7 Å². The van der Waals surface area contributed by atoms with Crippen molar-refractivity contribution < 1.29 is 13.9 Å². The Hall–Kier alpha value is -4.16. The summed E-state index contributed by atoms with van der Waals surface area (Å²) in [5, 5.41) is 12.9. The van der Waals surface area contributed by atoms with E-state index >= 15 is 0 Å². The second-order valence-corrected chi connectivity index (χ2v) is 12.1. The van der Waals surface area contributed by atoms with Gasteiger partial charge in [0, 0.05) is 54.9 Å². The number of nitrogens with zero attached hydrogens (tertiary/aromatic N) is 6. The van der Waals surface area contributed by atoms with Gasteiger partial charge in [-0.3, -0.25) is 4.79 Å². The van der Waals surface area contributed by atoms with Gasteiger partial charge in [-0.15, -0.1) is 0 Å². The van der Waals surface area contributed by atoms with E-state index in [9.17, 15) is 14.4 Å². The Bertz CT molecular complexity index is 1610. The van der Waals surface area contributed by atoms with Gasteiger partial charge < -0.3 is 24.3 Å². The molecule has 224 valence electrons. The van der Waals surface area contributed by atoms with Crippen LogP contribution in [0.1, 0.15) is 42.1 Å². The largest absolute Gasteiger partial charge is 0.475 e. The molecule has 3 aromatic rings. The lowest BCUT2D eigenvalue weighted by Crippen LogP contribution is -2.54. The molecule has 6 rings (SSSR count). The number of likely N-dealkylation sites (N-methyl/N-ethyl adjacent to an activating group) is 1. The van der Waals surface area contributed by atoms with E-state index in [1.54, 1.807) is 0 Å². The predicted molar refractivity (Wildman–Crippen MR) is 167 cm³/mol. The maximum Gasteiger partial charge on any atom is 0.282 e. The lowest BCUT2D eigenvalue weighted by molar-refractivity contribution is -0.131. The number of rotatable bonds is 6. The number of hydrogen-bond donors (Lipinski definition) is 0. The first-order valence-electron chi connectivity index (χ1n) is 15.2. The predicted octanol–water partition coefficient (Wildman–Crippen LogP) is 4.97. The fraction of sp³-hybridized carbons (Fsp3) is 0.441. The SMILES string of the molecule is C=C(F)C(=O)N1CCN(c2c(C#N)c(OC[C@@H]3CCCN3C)nc3c2CCN(c2cccc4cccc(C)c24)C3)C[C@@H]1C. The highest BCUT2D eigenvalue weighted by atomic mass is 19.1. The fourth-order valence-electron chi connectivity index (χ4n) is 7.05. The number of hydrogen-bond acceptors (Lipinski definition) is 7. The lowest BCUT2D eigenvalue weighted by atomic mass is 9.96. The van der Waals surface area contributed by atoms with Gasteiger partial charge in [-0.1, -0.05) is 36.9 Å². The number of carbonyl (C=O) groups is 1. The van der Waals surface area contributed by atoms with Crippen LogP contribution in [0.5, 0.6) is 5.88 Å². The van der Waals surface area contributed by atoms with Crippen LogP contribution in [0.2, 0.25) is 0 Å². The third-order valence-corrected chi connectivity index (χ3v) is 9.36. The molecule has 3 aliphatic rings. The fourth-order valence-corrected chi connectivity index (χ4v) is 7.05. The number of amides is 1. The number of benzene rings is 2. The molecule has 2 aromatic carbocycles.